The maximum absolute atomic E-state index is 13.7. The van der Waals surface area contributed by atoms with Gasteiger partial charge in [-0.05, 0) is 24.3 Å². The first kappa shape index (κ1) is 21.7. The standard InChI is InChI=1S/C21H16ClF3N4O3/c22-13-7-5-12(6-8-13)19-14-10-28(18(30)9-26-20(31)32)11-16(14)27-29(19)17-4-2-1-3-15(17)21(23,24)25/h1-8,26H,9-11H2,(H,31,32). The zero-order valence-electron chi connectivity index (χ0n) is 16.4. The van der Waals surface area contributed by atoms with Crippen LogP contribution in [0.5, 0.6) is 0 Å². The number of alkyl halides is 3. The molecule has 1 aliphatic heterocycles. The first-order valence-electron chi connectivity index (χ1n) is 9.43. The van der Waals surface area contributed by atoms with Crippen molar-refractivity contribution in [2.75, 3.05) is 6.54 Å². The molecule has 0 spiro atoms. The molecule has 0 bridgehead atoms. The third-order valence-electron chi connectivity index (χ3n) is 5.06. The third kappa shape index (κ3) is 4.13. The first-order valence-corrected chi connectivity index (χ1v) is 9.81. The Kier molecular flexibility index (Phi) is 5.55. The highest BCUT2D eigenvalue weighted by Gasteiger charge is 2.36. The second-order valence-electron chi connectivity index (χ2n) is 7.12. The van der Waals surface area contributed by atoms with Crippen molar-refractivity contribution in [1.82, 2.24) is 20.0 Å². The minimum atomic E-state index is -4.59. The second kappa shape index (κ2) is 8.19. The third-order valence-corrected chi connectivity index (χ3v) is 5.31. The number of para-hydroxylation sites is 1. The zero-order chi connectivity index (χ0) is 23.0. The average molecular weight is 465 g/mol. The summed E-state index contributed by atoms with van der Waals surface area (Å²) in [6.45, 7) is -0.272. The van der Waals surface area contributed by atoms with E-state index in [1.54, 1.807) is 24.3 Å². The Bertz CT molecular complexity index is 1190. The van der Waals surface area contributed by atoms with Crippen LogP contribution in [0.1, 0.15) is 16.8 Å². The largest absolute Gasteiger partial charge is 0.465 e. The summed E-state index contributed by atoms with van der Waals surface area (Å²) in [5.74, 6) is -0.463. The fourth-order valence-corrected chi connectivity index (χ4v) is 3.76. The molecule has 0 saturated carbocycles. The fourth-order valence-electron chi connectivity index (χ4n) is 3.63. The number of carbonyl (C=O) groups is 2. The molecule has 0 saturated heterocycles. The molecule has 7 nitrogen and oxygen atoms in total. The summed E-state index contributed by atoms with van der Waals surface area (Å²) in [6.07, 6.45) is -5.92. The van der Waals surface area contributed by atoms with Gasteiger partial charge < -0.3 is 15.3 Å². The topological polar surface area (TPSA) is 87.5 Å². The lowest BCUT2D eigenvalue weighted by Crippen LogP contribution is -2.37. The van der Waals surface area contributed by atoms with E-state index in [1.807, 2.05) is 5.32 Å². The molecule has 1 aromatic heterocycles. The Hall–Kier alpha value is -3.53. The van der Waals surface area contributed by atoms with Gasteiger partial charge in [0.2, 0.25) is 5.91 Å². The lowest BCUT2D eigenvalue weighted by molar-refractivity contribution is -0.137. The number of hydrogen-bond donors (Lipinski definition) is 2. The molecule has 2 aromatic carbocycles. The van der Waals surface area contributed by atoms with Crippen molar-refractivity contribution in [2.24, 2.45) is 0 Å². The van der Waals surface area contributed by atoms with Crippen LogP contribution in [-0.2, 0) is 24.1 Å². The van der Waals surface area contributed by atoms with Crippen LogP contribution in [0.15, 0.2) is 48.5 Å². The maximum Gasteiger partial charge on any atom is 0.418 e. The van der Waals surface area contributed by atoms with E-state index in [0.717, 1.165) is 6.07 Å². The summed E-state index contributed by atoms with van der Waals surface area (Å²) in [5, 5.41) is 15.6. The van der Waals surface area contributed by atoms with Crippen LogP contribution in [0.4, 0.5) is 18.0 Å². The first-order chi connectivity index (χ1) is 15.1. The van der Waals surface area contributed by atoms with E-state index in [-0.39, 0.29) is 18.8 Å². The van der Waals surface area contributed by atoms with Gasteiger partial charge in [-0.3, -0.25) is 4.79 Å². The van der Waals surface area contributed by atoms with E-state index in [9.17, 15) is 22.8 Å². The van der Waals surface area contributed by atoms with Crippen LogP contribution in [0.3, 0.4) is 0 Å². The Morgan fingerprint density at radius 3 is 2.44 bits per heavy atom. The Labute approximate surface area is 185 Å². The smallest absolute Gasteiger partial charge is 0.418 e. The Morgan fingerprint density at radius 2 is 1.78 bits per heavy atom. The molecule has 166 valence electrons. The molecule has 0 radical (unpaired) electrons. The molecular formula is C21H16ClF3N4O3. The van der Waals surface area contributed by atoms with Crippen molar-refractivity contribution in [3.8, 4) is 16.9 Å². The van der Waals surface area contributed by atoms with Crippen molar-refractivity contribution >= 4 is 23.6 Å². The number of nitrogens with one attached hydrogen (secondary N) is 1. The number of carbonyl (C=O) groups excluding carboxylic acids is 1. The SMILES string of the molecule is O=C(O)NCC(=O)N1Cc2nn(-c3ccccc3C(F)(F)F)c(-c3ccc(Cl)cc3)c2C1. The van der Waals surface area contributed by atoms with Crippen molar-refractivity contribution in [3.05, 3.63) is 70.4 Å². The number of hydrogen-bond acceptors (Lipinski definition) is 3. The molecule has 0 fully saturated rings. The van der Waals surface area contributed by atoms with Crippen LogP contribution in [0.2, 0.25) is 5.02 Å². The lowest BCUT2D eigenvalue weighted by atomic mass is 10.1. The van der Waals surface area contributed by atoms with Crippen molar-refractivity contribution < 1.29 is 27.9 Å². The van der Waals surface area contributed by atoms with E-state index in [2.05, 4.69) is 5.10 Å². The molecule has 2 heterocycles. The highest BCUT2D eigenvalue weighted by atomic mass is 35.5. The van der Waals surface area contributed by atoms with Crippen LogP contribution >= 0.6 is 11.6 Å². The summed E-state index contributed by atoms with van der Waals surface area (Å²) in [5.41, 5.74) is 1.05. The normalized spacial score (nSPS) is 13.2. The van der Waals surface area contributed by atoms with Gasteiger partial charge in [-0.15, -0.1) is 0 Å². The van der Waals surface area contributed by atoms with Gasteiger partial charge in [0.05, 0.1) is 35.7 Å². The predicted octanol–water partition coefficient (Wildman–Crippen LogP) is 4.32. The number of benzene rings is 2. The Balaban J connectivity index is 1.80. The average Bonchev–Trinajstić information content (AvgIpc) is 3.30. The highest BCUT2D eigenvalue weighted by molar-refractivity contribution is 6.30. The molecule has 0 atom stereocenters. The van der Waals surface area contributed by atoms with Crippen LogP contribution in [0.25, 0.3) is 16.9 Å². The fraction of sp³-hybridized carbons (Fsp3) is 0.190. The molecular weight excluding hydrogens is 449 g/mol. The van der Waals surface area contributed by atoms with Crippen molar-refractivity contribution in [2.45, 2.75) is 19.3 Å². The molecule has 0 aliphatic carbocycles. The van der Waals surface area contributed by atoms with Crippen molar-refractivity contribution in [3.63, 3.8) is 0 Å². The minimum absolute atomic E-state index is 0.0528. The number of carboxylic acid groups (broad SMARTS) is 1. The number of nitrogens with zero attached hydrogens (tertiary/aromatic N) is 3. The van der Waals surface area contributed by atoms with Crippen LogP contribution in [0, 0.1) is 0 Å². The van der Waals surface area contributed by atoms with Gasteiger partial charge in [-0.2, -0.15) is 18.3 Å². The number of fused-ring (bicyclic) bond motifs is 1. The monoisotopic (exact) mass is 464 g/mol. The highest BCUT2D eigenvalue weighted by Crippen LogP contribution is 2.39. The van der Waals surface area contributed by atoms with Crippen LogP contribution in [-0.4, -0.2) is 38.3 Å². The predicted molar refractivity (Wildman–Crippen MR) is 109 cm³/mol. The van der Waals surface area contributed by atoms with Gasteiger partial charge in [0.1, 0.15) is 6.54 Å². The molecule has 1 aliphatic rings. The van der Waals surface area contributed by atoms with E-state index >= 15 is 0 Å². The van der Waals surface area contributed by atoms with E-state index in [1.165, 1.54) is 27.8 Å². The summed E-state index contributed by atoms with van der Waals surface area (Å²) in [4.78, 5) is 24.4. The molecule has 11 heteroatoms. The maximum atomic E-state index is 13.7. The number of halogens is 4. The van der Waals surface area contributed by atoms with Gasteiger partial charge in [-0.1, -0.05) is 35.9 Å². The molecule has 2 N–H and O–H groups in total. The van der Waals surface area contributed by atoms with Gasteiger partial charge >= 0.3 is 12.3 Å². The number of aromatic nitrogens is 2. The van der Waals surface area contributed by atoms with Gasteiger partial charge in [0, 0.05) is 16.1 Å². The molecule has 4 rings (SSSR count). The number of amides is 2. The summed E-state index contributed by atoms with van der Waals surface area (Å²) < 4.78 is 42.3. The van der Waals surface area contributed by atoms with E-state index < -0.39 is 30.3 Å². The lowest BCUT2D eigenvalue weighted by Gasteiger charge is -2.19. The quantitative estimate of drug-likeness (QED) is 0.602. The summed E-state index contributed by atoms with van der Waals surface area (Å²) in [7, 11) is 0. The second-order valence-corrected chi connectivity index (χ2v) is 7.55. The minimum Gasteiger partial charge on any atom is -0.465 e. The van der Waals surface area contributed by atoms with Gasteiger partial charge in [0.25, 0.3) is 0 Å². The zero-order valence-corrected chi connectivity index (χ0v) is 17.1. The van der Waals surface area contributed by atoms with Gasteiger partial charge in [0.15, 0.2) is 0 Å². The summed E-state index contributed by atoms with van der Waals surface area (Å²) in [6, 6.07) is 11.7. The van der Waals surface area contributed by atoms with E-state index in [0.29, 0.717) is 27.5 Å². The summed E-state index contributed by atoms with van der Waals surface area (Å²) >= 11 is 5.98. The molecule has 32 heavy (non-hydrogen) atoms. The van der Waals surface area contributed by atoms with Crippen molar-refractivity contribution in [1.29, 1.82) is 0 Å². The molecule has 2 amide bonds. The van der Waals surface area contributed by atoms with E-state index in [4.69, 9.17) is 16.7 Å². The molecule has 3 aromatic rings. The Morgan fingerprint density at radius 1 is 1.09 bits per heavy atom. The van der Waals surface area contributed by atoms with Gasteiger partial charge in [-0.25, -0.2) is 9.48 Å². The number of rotatable bonds is 4. The molecule has 0 unspecified atom stereocenters. The van der Waals surface area contributed by atoms with Crippen LogP contribution < -0.4 is 5.32 Å².